The Morgan fingerprint density at radius 1 is 1.48 bits per heavy atom. The van der Waals surface area contributed by atoms with E-state index in [4.69, 9.17) is 5.11 Å². The van der Waals surface area contributed by atoms with E-state index in [2.05, 4.69) is 5.32 Å². The Morgan fingerprint density at radius 2 is 2.10 bits per heavy atom. The summed E-state index contributed by atoms with van der Waals surface area (Å²) in [5.74, 6) is -2.01. The van der Waals surface area contributed by atoms with E-state index in [-0.39, 0.29) is 23.3 Å². The summed E-state index contributed by atoms with van der Waals surface area (Å²) in [5.41, 5.74) is -0.0282. The number of hydrogen-bond donors (Lipinski definition) is 2. The fourth-order valence-corrected chi connectivity index (χ4v) is 2.13. The molecule has 1 aromatic rings. The quantitative estimate of drug-likeness (QED) is 0.610. The van der Waals surface area contributed by atoms with Crippen molar-refractivity contribution < 1.29 is 19.6 Å². The number of nitrogens with one attached hydrogen (secondary N) is 1. The second kappa shape index (κ2) is 5.55. The number of carboxylic acids is 1. The standard InChI is InChI=1S/C13H17N3O5/c1-7(2)11(13(18)19)14-12(17)10-5-9(16(20)21)6-15(10)8-3-4-8/h5-8,11H,3-4H2,1-2H3,(H,14,17)(H,18,19). The lowest BCUT2D eigenvalue weighted by molar-refractivity contribution is -0.384. The first-order valence-corrected chi connectivity index (χ1v) is 6.71. The third kappa shape index (κ3) is 3.21. The lowest BCUT2D eigenvalue weighted by Crippen LogP contribution is -2.44. The van der Waals surface area contributed by atoms with E-state index in [0.717, 1.165) is 12.8 Å². The van der Waals surface area contributed by atoms with E-state index in [0.29, 0.717) is 0 Å². The SMILES string of the molecule is CC(C)C(NC(=O)c1cc([N+](=O)[O-])cn1C1CC1)C(=O)O. The molecule has 0 radical (unpaired) electrons. The van der Waals surface area contributed by atoms with E-state index >= 15 is 0 Å². The van der Waals surface area contributed by atoms with Crippen LogP contribution in [0.25, 0.3) is 0 Å². The van der Waals surface area contributed by atoms with Gasteiger partial charge in [0, 0.05) is 12.1 Å². The van der Waals surface area contributed by atoms with Crippen molar-refractivity contribution in [3.63, 3.8) is 0 Å². The van der Waals surface area contributed by atoms with Crippen LogP contribution in [0.5, 0.6) is 0 Å². The van der Waals surface area contributed by atoms with Gasteiger partial charge in [0.15, 0.2) is 0 Å². The van der Waals surface area contributed by atoms with Crippen LogP contribution in [0, 0.1) is 16.0 Å². The highest BCUT2D eigenvalue weighted by molar-refractivity contribution is 5.96. The molecule has 21 heavy (non-hydrogen) atoms. The van der Waals surface area contributed by atoms with Gasteiger partial charge in [0.2, 0.25) is 0 Å². The molecular weight excluding hydrogens is 278 g/mol. The van der Waals surface area contributed by atoms with Gasteiger partial charge in [-0.1, -0.05) is 13.8 Å². The average molecular weight is 295 g/mol. The van der Waals surface area contributed by atoms with Crippen molar-refractivity contribution in [3.05, 3.63) is 28.1 Å². The Labute approximate surface area is 120 Å². The van der Waals surface area contributed by atoms with E-state index in [9.17, 15) is 19.7 Å². The number of carbonyl (C=O) groups excluding carboxylic acids is 1. The maximum Gasteiger partial charge on any atom is 0.326 e. The molecule has 0 aromatic carbocycles. The molecular formula is C13H17N3O5. The molecule has 1 aliphatic rings. The largest absolute Gasteiger partial charge is 0.480 e. The van der Waals surface area contributed by atoms with Crippen molar-refractivity contribution in [2.75, 3.05) is 0 Å². The number of nitro groups is 1. The van der Waals surface area contributed by atoms with Crippen LogP contribution in [-0.2, 0) is 4.79 Å². The molecule has 8 nitrogen and oxygen atoms in total. The lowest BCUT2D eigenvalue weighted by Gasteiger charge is -2.18. The molecule has 1 heterocycles. The summed E-state index contributed by atoms with van der Waals surface area (Å²) >= 11 is 0. The second-order valence-electron chi connectivity index (χ2n) is 5.51. The van der Waals surface area contributed by atoms with Crippen LogP contribution in [0.1, 0.15) is 43.2 Å². The number of carbonyl (C=O) groups is 2. The lowest BCUT2D eigenvalue weighted by atomic mass is 10.0. The van der Waals surface area contributed by atoms with Crippen molar-refractivity contribution >= 4 is 17.6 Å². The second-order valence-corrected chi connectivity index (χ2v) is 5.51. The van der Waals surface area contributed by atoms with E-state index in [1.165, 1.54) is 12.3 Å². The Balaban J connectivity index is 2.25. The topological polar surface area (TPSA) is 114 Å². The molecule has 1 amide bonds. The maximum absolute atomic E-state index is 12.2. The summed E-state index contributed by atoms with van der Waals surface area (Å²) in [6.07, 6.45) is 3.05. The molecule has 8 heteroatoms. The fraction of sp³-hybridized carbons (Fsp3) is 0.538. The molecule has 1 aromatic heterocycles. The number of aliphatic carboxylic acids is 1. The predicted octanol–water partition coefficient (Wildman–Crippen LogP) is 1.57. The van der Waals surface area contributed by atoms with Gasteiger partial charge in [-0.3, -0.25) is 14.9 Å². The van der Waals surface area contributed by atoms with Crippen molar-refractivity contribution in [3.8, 4) is 0 Å². The number of carboxylic acid groups (broad SMARTS) is 1. The summed E-state index contributed by atoms with van der Waals surface area (Å²) in [6.45, 7) is 3.36. The molecule has 114 valence electrons. The molecule has 0 saturated heterocycles. The number of aromatic nitrogens is 1. The summed E-state index contributed by atoms with van der Waals surface area (Å²) in [6, 6.07) is 0.244. The number of hydrogen-bond acceptors (Lipinski definition) is 4. The van der Waals surface area contributed by atoms with E-state index in [1.54, 1.807) is 18.4 Å². The third-order valence-corrected chi connectivity index (χ3v) is 3.44. The van der Waals surface area contributed by atoms with Gasteiger partial charge in [0.1, 0.15) is 11.7 Å². The molecule has 2 rings (SSSR count). The molecule has 1 aliphatic carbocycles. The van der Waals surface area contributed by atoms with Crippen LogP contribution in [0.2, 0.25) is 0 Å². The van der Waals surface area contributed by atoms with Crippen LogP contribution in [0.3, 0.4) is 0 Å². The minimum Gasteiger partial charge on any atom is -0.480 e. The first kappa shape index (κ1) is 15.0. The molecule has 2 N–H and O–H groups in total. The van der Waals surface area contributed by atoms with Crippen LogP contribution in [0.4, 0.5) is 5.69 Å². The predicted molar refractivity (Wildman–Crippen MR) is 73.1 cm³/mol. The third-order valence-electron chi connectivity index (χ3n) is 3.44. The highest BCUT2D eigenvalue weighted by Gasteiger charge is 2.32. The van der Waals surface area contributed by atoms with Crippen LogP contribution in [-0.4, -0.2) is 32.5 Å². The molecule has 1 unspecified atom stereocenters. The van der Waals surface area contributed by atoms with Gasteiger partial charge in [-0.2, -0.15) is 0 Å². The van der Waals surface area contributed by atoms with Crippen molar-refractivity contribution in [2.24, 2.45) is 5.92 Å². The molecule has 1 saturated carbocycles. The zero-order valence-electron chi connectivity index (χ0n) is 11.8. The molecule has 1 atom stereocenters. The van der Waals surface area contributed by atoms with Gasteiger partial charge in [-0.25, -0.2) is 4.79 Å². The van der Waals surface area contributed by atoms with Gasteiger partial charge in [0.05, 0.1) is 11.1 Å². The number of nitrogens with zero attached hydrogens (tertiary/aromatic N) is 2. The Morgan fingerprint density at radius 3 is 2.52 bits per heavy atom. The Kier molecular flexibility index (Phi) is 3.97. The summed E-state index contributed by atoms with van der Waals surface area (Å²) in [5, 5.41) is 22.4. The number of rotatable bonds is 6. The zero-order valence-corrected chi connectivity index (χ0v) is 11.8. The van der Waals surface area contributed by atoms with Gasteiger partial charge in [-0.05, 0) is 18.8 Å². The van der Waals surface area contributed by atoms with Crippen molar-refractivity contribution in [1.29, 1.82) is 0 Å². The minimum absolute atomic E-state index is 0.0850. The minimum atomic E-state index is -1.13. The molecule has 1 fully saturated rings. The van der Waals surface area contributed by atoms with E-state index < -0.39 is 22.8 Å². The normalized spacial score (nSPS) is 15.8. The molecule has 0 bridgehead atoms. The first-order chi connectivity index (χ1) is 9.81. The van der Waals surface area contributed by atoms with Gasteiger partial charge >= 0.3 is 5.97 Å². The van der Waals surface area contributed by atoms with Crippen molar-refractivity contribution in [2.45, 2.75) is 38.8 Å². The van der Waals surface area contributed by atoms with Crippen LogP contribution >= 0.6 is 0 Å². The monoisotopic (exact) mass is 295 g/mol. The maximum atomic E-state index is 12.2. The highest BCUT2D eigenvalue weighted by Crippen LogP contribution is 2.37. The average Bonchev–Trinajstić information content (AvgIpc) is 3.13. The van der Waals surface area contributed by atoms with Gasteiger partial charge in [0.25, 0.3) is 11.6 Å². The smallest absolute Gasteiger partial charge is 0.326 e. The first-order valence-electron chi connectivity index (χ1n) is 6.71. The van der Waals surface area contributed by atoms with Crippen LogP contribution in [0.15, 0.2) is 12.3 Å². The van der Waals surface area contributed by atoms with Crippen molar-refractivity contribution in [1.82, 2.24) is 9.88 Å². The Hall–Kier alpha value is -2.38. The van der Waals surface area contributed by atoms with Gasteiger partial charge in [-0.15, -0.1) is 0 Å². The van der Waals surface area contributed by atoms with E-state index in [1.807, 2.05) is 0 Å². The fourth-order valence-electron chi connectivity index (χ4n) is 2.13. The van der Waals surface area contributed by atoms with Gasteiger partial charge < -0.3 is 15.0 Å². The zero-order chi connectivity index (χ0) is 15.7. The molecule has 0 aliphatic heterocycles. The summed E-state index contributed by atoms with van der Waals surface area (Å²) < 4.78 is 1.56. The summed E-state index contributed by atoms with van der Waals surface area (Å²) in [7, 11) is 0. The highest BCUT2D eigenvalue weighted by atomic mass is 16.6. The summed E-state index contributed by atoms with van der Waals surface area (Å²) in [4.78, 5) is 33.6. The number of amides is 1. The molecule has 0 spiro atoms. The Bertz CT molecular complexity index is 589. The van der Waals surface area contributed by atoms with Crippen LogP contribution < -0.4 is 5.32 Å².